The van der Waals surface area contributed by atoms with Gasteiger partial charge < -0.3 is 10.2 Å². The Bertz CT molecular complexity index is 940. The van der Waals surface area contributed by atoms with E-state index in [2.05, 4.69) is 52.7 Å². The molecular formula is C22H24IN3O2S. The molecule has 1 aliphatic heterocycles. The van der Waals surface area contributed by atoms with Gasteiger partial charge in [-0.3, -0.25) is 14.5 Å². The number of aryl methyl sites for hydroxylation is 1. The van der Waals surface area contributed by atoms with E-state index in [1.807, 2.05) is 43.3 Å². The molecule has 0 radical (unpaired) electrons. The zero-order valence-corrected chi connectivity index (χ0v) is 19.7. The zero-order valence-electron chi connectivity index (χ0n) is 16.7. The molecule has 0 aromatic heterocycles. The van der Waals surface area contributed by atoms with E-state index < -0.39 is 0 Å². The van der Waals surface area contributed by atoms with Gasteiger partial charge in [-0.2, -0.15) is 0 Å². The van der Waals surface area contributed by atoms with Crippen LogP contribution in [0.4, 0.5) is 16.2 Å². The second kappa shape index (κ2) is 9.67. The average Bonchev–Trinajstić information content (AvgIpc) is 2.96. The van der Waals surface area contributed by atoms with E-state index in [1.165, 1.54) is 4.90 Å². The first-order chi connectivity index (χ1) is 13.9. The van der Waals surface area contributed by atoms with E-state index in [1.54, 1.807) is 6.08 Å². The molecule has 0 bridgehead atoms. The number of hydrogen-bond acceptors (Lipinski definition) is 5. The van der Waals surface area contributed by atoms with Crippen molar-refractivity contribution in [3.8, 4) is 0 Å². The molecule has 2 aromatic rings. The van der Waals surface area contributed by atoms with Crippen LogP contribution in [-0.2, 0) is 4.79 Å². The highest BCUT2D eigenvalue weighted by atomic mass is 127. The lowest BCUT2D eigenvalue weighted by molar-refractivity contribution is -0.122. The number of halogens is 1. The molecule has 1 fully saturated rings. The summed E-state index contributed by atoms with van der Waals surface area (Å²) in [5.74, 6) is -0.261. The molecule has 152 valence electrons. The minimum atomic E-state index is -0.261. The summed E-state index contributed by atoms with van der Waals surface area (Å²) in [6.07, 6.45) is 1.78. The molecule has 1 saturated heterocycles. The van der Waals surface area contributed by atoms with Crippen molar-refractivity contribution in [3.05, 3.63) is 62.1 Å². The molecule has 0 spiro atoms. The van der Waals surface area contributed by atoms with Crippen LogP contribution in [0, 0.1) is 10.5 Å². The summed E-state index contributed by atoms with van der Waals surface area (Å²) in [4.78, 5) is 29.0. The third-order valence-corrected chi connectivity index (χ3v) is 6.39. The Morgan fingerprint density at radius 3 is 2.41 bits per heavy atom. The van der Waals surface area contributed by atoms with Crippen LogP contribution in [-0.4, -0.2) is 35.8 Å². The number of imide groups is 1. The molecule has 29 heavy (non-hydrogen) atoms. The summed E-state index contributed by atoms with van der Waals surface area (Å²) in [6, 6.07) is 14.1. The van der Waals surface area contributed by atoms with Crippen molar-refractivity contribution in [3.63, 3.8) is 0 Å². The highest BCUT2D eigenvalue weighted by Crippen LogP contribution is 2.32. The number of hydrogen-bond donors (Lipinski definition) is 1. The van der Waals surface area contributed by atoms with Gasteiger partial charge in [0.25, 0.3) is 11.1 Å². The number of nitrogens with zero attached hydrogens (tertiary/aromatic N) is 2. The first-order valence-electron chi connectivity index (χ1n) is 9.53. The summed E-state index contributed by atoms with van der Waals surface area (Å²) in [7, 11) is 0. The van der Waals surface area contributed by atoms with Crippen molar-refractivity contribution in [1.29, 1.82) is 0 Å². The average molecular weight is 521 g/mol. The predicted molar refractivity (Wildman–Crippen MR) is 130 cm³/mol. The van der Waals surface area contributed by atoms with Gasteiger partial charge in [-0.15, -0.1) is 0 Å². The van der Waals surface area contributed by atoms with Crippen LogP contribution in [0.5, 0.6) is 0 Å². The van der Waals surface area contributed by atoms with Crippen LogP contribution >= 0.6 is 34.4 Å². The van der Waals surface area contributed by atoms with Crippen LogP contribution < -0.4 is 10.2 Å². The fourth-order valence-electron chi connectivity index (χ4n) is 3.15. The number of amides is 2. The topological polar surface area (TPSA) is 52.7 Å². The summed E-state index contributed by atoms with van der Waals surface area (Å²) in [6.45, 7) is 8.30. The molecule has 2 aromatic carbocycles. The monoisotopic (exact) mass is 521 g/mol. The number of thioether (sulfide) groups is 1. The molecule has 1 N–H and O–H groups in total. The highest BCUT2D eigenvalue weighted by molar-refractivity contribution is 14.1. The summed E-state index contributed by atoms with van der Waals surface area (Å²) in [5.41, 5.74) is 4.05. The van der Waals surface area contributed by atoms with Crippen molar-refractivity contribution in [2.45, 2.75) is 20.8 Å². The first-order valence-corrected chi connectivity index (χ1v) is 11.4. The number of benzene rings is 2. The van der Waals surface area contributed by atoms with Crippen molar-refractivity contribution in [2.75, 3.05) is 30.0 Å². The molecule has 0 saturated carbocycles. The van der Waals surface area contributed by atoms with Gasteiger partial charge in [-0.1, -0.05) is 12.1 Å². The van der Waals surface area contributed by atoms with Gasteiger partial charge in [0.15, 0.2) is 0 Å². The largest absolute Gasteiger partial charge is 0.372 e. The standard InChI is InChI=1S/C22H24IN3O2S/c1-4-25(5-2)18-9-6-16(7-10-18)13-20-21(27)26(22(28)29-20)14-24-19-11-8-17(23)12-15(19)3/h6-13,24H,4-5,14H2,1-3H3/b20-13+. The lowest BCUT2D eigenvalue weighted by atomic mass is 10.1. The molecule has 1 aliphatic rings. The minimum absolute atomic E-state index is 0.157. The SMILES string of the molecule is CCN(CC)c1ccc(/C=C2/SC(=O)N(CNc3ccc(I)cc3C)C2=O)cc1. The number of carbonyl (C=O) groups is 2. The van der Waals surface area contributed by atoms with E-state index in [0.717, 1.165) is 50.9 Å². The molecule has 7 heteroatoms. The van der Waals surface area contributed by atoms with Crippen LogP contribution in [0.1, 0.15) is 25.0 Å². The molecule has 0 unspecified atom stereocenters. The molecular weight excluding hydrogens is 497 g/mol. The van der Waals surface area contributed by atoms with Crippen LogP contribution in [0.2, 0.25) is 0 Å². The van der Waals surface area contributed by atoms with E-state index in [9.17, 15) is 9.59 Å². The smallest absolute Gasteiger partial charge is 0.295 e. The predicted octanol–water partition coefficient (Wildman–Crippen LogP) is 5.55. The molecule has 0 atom stereocenters. The molecule has 2 amide bonds. The van der Waals surface area contributed by atoms with Gasteiger partial charge in [0.1, 0.15) is 0 Å². The van der Waals surface area contributed by atoms with Crippen molar-refractivity contribution >= 4 is 62.9 Å². The third-order valence-electron chi connectivity index (χ3n) is 4.81. The third kappa shape index (κ3) is 5.14. The van der Waals surface area contributed by atoms with Gasteiger partial charge in [0, 0.05) is 28.0 Å². The van der Waals surface area contributed by atoms with E-state index >= 15 is 0 Å². The Morgan fingerprint density at radius 2 is 1.79 bits per heavy atom. The molecule has 0 aliphatic carbocycles. The lowest BCUT2D eigenvalue weighted by Gasteiger charge is -2.20. The summed E-state index contributed by atoms with van der Waals surface area (Å²) < 4.78 is 1.15. The Morgan fingerprint density at radius 1 is 1.10 bits per heavy atom. The van der Waals surface area contributed by atoms with Crippen LogP contribution in [0.25, 0.3) is 6.08 Å². The Balaban J connectivity index is 1.69. The Labute approximate surface area is 189 Å². The maximum atomic E-state index is 12.7. The quantitative estimate of drug-likeness (QED) is 0.383. The van der Waals surface area contributed by atoms with Gasteiger partial charge in [0.05, 0.1) is 11.6 Å². The fourth-order valence-corrected chi connectivity index (χ4v) is 4.63. The van der Waals surface area contributed by atoms with Gasteiger partial charge in [0.2, 0.25) is 0 Å². The van der Waals surface area contributed by atoms with Crippen molar-refractivity contribution < 1.29 is 9.59 Å². The number of nitrogens with one attached hydrogen (secondary N) is 1. The van der Waals surface area contributed by atoms with Gasteiger partial charge in [-0.05, 0) is 103 Å². The second-order valence-corrected chi connectivity index (χ2v) is 8.91. The molecule has 5 nitrogen and oxygen atoms in total. The summed E-state index contributed by atoms with van der Waals surface area (Å²) >= 11 is 3.24. The van der Waals surface area contributed by atoms with Crippen LogP contribution in [0.15, 0.2) is 47.4 Å². The normalized spacial score (nSPS) is 15.3. The number of anilines is 2. The Hall–Kier alpha value is -2.00. The Kier molecular flexibility index (Phi) is 7.23. The highest BCUT2D eigenvalue weighted by Gasteiger charge is 2.34. The van der Waals surface area contributed by atoms with E-state index in [0.29, 0.717) is 4.91 Å². The van der Waals surface area contributed by atoms with Crippen molar-refractivity contribution in [1.82, 2.24) is 4.90 Å². The first kappa shape index (κ1) is 21.7. The second-order valence-electron chi connectivity index (χ2n) is 6.67. The maximum Gasteiger partial charge on any atom is 0.295 e. The van der Waals surface area contributed by atoms with E-state index in [-0.39, 0.29) is 17.8 Å². The van der Waals surface area contributed by atoms with Crippen molar-refractivity contribution in [2.24, 2.45) is 0 Å². The summed E-state index contributed by atoms with van der Waals surface area (Å²) in [5, 5.41) is 2.94. The van der Waals surface area contributed by atoms with Gasteiger partial charge in [-0.25, -0.2) is 0 Å². The zero-order chi connectivity index (χ0) is 21.0. The molecule has 3 rings (SSSR count). The molecule has 1 heterocycles. The van der Waals surface area contributed by atoms with Crippen LogP contribution in [0.3, 0.4) is 0 Å². The van der Waals surface area contributed by atoms with Gasteiger partial charge >= 0.3 is 0 Å². The fraction of sp³-hybridized carbons (Fsp3) is 0.273. The lowest BCUT2D eigenvalue weighted by Crippen LogP contribution is -2.33. The number of rotatable bonds is 7. The van der Waals surface area contributed by atoms with E-state index in [4.69, 9.17) is 0 Å². The minimum Gasteiger partial charge on any atom is -0.372 e. The number of carbonyl (C=O) groups excluding carboxylic acids is 2. The maximum absolute atomic E-state index is 12.7.